The van der Waals surface area contributed by atoms with Crippen molar-refractivity contribution in [2.24, 2.45) is 5.92 Å². The molecule has 0 radical (unpaired) electrons. The van der Waals surface area contributed by atoms with Crippen LogP contribution in [0.25, 0.3) is 32.4 Å². The zero-order chi connectivity index (χ0) is 17.4. The van der Waals surface area contributed by atoms with Gasteiger partial charge < -0.3 is 5.73 Å². The van der Waals surface area contributed by atoms with E-state index in [1.807, 2.05) is 23.6 Å². The molecule has 4 rings (SSSR count). The molecule has 0 aliphatic carbocycles. The molecule has 0 saturated heterocycles. The molecule has 0 atom stereocenters. The predicted octanol–water partition coefficient (Wildman–Crippen LogP) is 4.66. The highest BCUT2D eigenvalue weighted by molar-refractivity contribution is 7.14. The highest BCUT2D eigenvalue weighted by Crippen LogP contribution is 2.34. The summed E-state index contributed by atoms with van der Waals surface area (Å²) in [6.45, 7) is 4.39. The Hall–Kier alpha value is -2.38. The van der Waals surface area contributed by atoms with Crippen molar-refractivity contribution in [1.29, 1.82) is 0 Å². The first-order chi connectivity index (χ1) is 12.1. The van der Waals surface area contributed by atoms with Crippen molar-refractivity contribution in [3.05, 3.63) is 40.8 Å². The van der Waals surface area contributed by atoms with E-state index in [0.29, 0.717) is 11.6 Å². The number of rotatable bonds is 4. The van der Waals surface area contributed by atoms with Crippen molar-refractivity contribution in [2.45, 2.75) is 20.3 Å². The summed E-state index contributed by atoms with van der Waals surface area (Å²) < 4.78 is 0. The summed E-state index contributed by atoms with van der Waals surface area (Å²) in [5.74, 6) is 0.569. The van der Waals surface area contributed by atoms with E-state index >= 15 is 0 Å². The van der Waals surface area contributed by atoms with E-state index in [2.05, 4.69) is 24.2 Å². The Balaban J connectivity index is 1.90. The molecule has 0 aliphatic rings. The molecule has 1 aromatic carbocycles. The van der Waals surface area contributed by atoms with Gasteiger partial charge in [-0.1, -0.05) is 13.8 Å². The molecule has 0 amide bonds. The molecule has 3 heterocycles. The van der Waals surface area contributed by atoms with Crippen LogP contribution < -0.4 is 5.73 Å². The Labute approximate surface area is 153 Å². The first kappa shape index (κ1) is 16.1. The third-order valence-electron chi connectivity index (χ3n) is 3.69. The van der Waals surface area contributed by atoms with Crippen LogP contribution in [0, 0.1) is 5.92 Å². The number of hydrogen-bond acceptors (Lipinski definition) is 7. The van der Waals surface area contributed by atoms with Gasteiger partial charge >= 0.3 is 0 Å². The molecule has 0 saturated carbocycles. The second kappa shape index (κ2) is 6.50. The molecule has 25 heavy (non-hydrogen) atoms. The van der Waals surface area contributed by atoms with Crippen molar-refractivity contribution >= 4 is 39.4 Å². The van der Waals surface area contributed by atoms with Crippen LogP contribution in [0.15, 0.2) is 35.2 Å². The van der Waals surface area contributed by atoms with Crippen LogP contribution >= 0.6 is 22.7 Å². The van der Waals surface area contributed by atoms with Gasteiger partial charge in [0, 0.05) is 22.6 Å². The van der Waals surface area contributed by atoms with Crippen LogP contribution in [0.4, 0.5) is 5.69 Å². The monoisotopic (exact) mass is 367 g/mol. The quantitative estimate of drug-likeness (QED) is 0.531. The fourth-order valence-corrected chi connectivity index (χ4v) is 4.08. The number of aromatic nitrogens is 4. The normalized spacial score (nSPS) is 11.5. The van der Waals surface area contributed by atoms with Crippen LogP contribution in [-0.2, 0) is 6.42 Å². The van der Waals surface area contributed by atoms with Gasteiger partial charge in [-0.25, -0.2) is 19.9 Å². The van der Waals surface area contributed by atoms with Crippen LogP contribution in [0.5, 0.6) is 0 Å². The fraction of sp³-hybridized carbons (Fsp3) is 0.222. The SMILES string of the molecule is CC(C)Cc1csc(-c2nc3ccc(N)cc3nc2-c2nccs2)n1. The van der Waals surface area contributed by atoms with E-state index < -0.39 is 0 Å². The number of nitrogens with zero attached hydrogens (tertiary/aromatic N) is 4. The molecule has 7 heteroatoms. The van der Waals surface area contributed by atoms with Gasteiger partial charge in [0.15, 0.2) is 0 Å². The molecule has 5 nitrogen and oxygen atoms in total. The maximum absolute atomic E-state index is 5.90. The van der Waals surface area contributed by atoms with Crippen LogP contribution in [0.3, 0.4) is 0 Å². The molecule has 0 bridgehead atoms. The maximum Gasteiger partial charge on any atom is 0.144 e. The van der Waals surface area contributed by atoms with Gasteiger partial charge in [0.25, 0.3) is 0 Å². The molecule has 0 spiro atoms. The minimum atomic E-state index is 0.569. The summed E-state index contributed by atoms with van der Waals surface area (Å²) in [4.78, 5) is 18.8. The van der Waals surface area contributed by atoms with Crippen LogP contribution in [0.1, 0.15) is 19.5 Å². The minimum absolute atomic E-state index is 0.569. The summed E-state index contributed by atoms with van der Waals surface area (Å²) in [7, 11) is 0. The zero-order valence-electron chi connectivity index (χ0n) is 13.9. The second-order valence-corrected chi connectivity index (χ2v) is 8.00. The molecular formula is C18H17N5S2. The zero-order valence-corrected chi connectivity index (χ0v) is 15.6. The topological polar surface area (TPSA) is 77.6 Å². The lowest BCUT2D eigenvalue weighted by Gasteiger charge is -2.06. The molecule has 0 fully saturated rings. The van der Waals surface area contributed by atoms with E-state index in [1.54, 1.807) is 28.9 Å². The van der Waals surface area contributed by atoms with Gasteiger partial charge in [0.05, 0.1) is 16.7 Å². The highest BCUT2D eigenvalue weighted by atomic mass is 32.1. The number of thiazole rings is 2. The van der Waals surface area contributed by atoms with Gasteiger partial charge in [-0.15, -0.1) is 22.7 Å². The number of fused-ring (bicyclic) bond motifs is 1. The fourth-order valence-electron chi connectivity index (χ4n) is 2.64. The summed E-state index contributed by atoms with van der Waals surface area (Å²) in [5.41, 5.74) is 10.8. The molecule has 3 aromatic heterocycles. The summed E-state index contributed by atoms with van der Waals surface area (Å²) in [6.07, 6.45) is 2.74. The summed E-state index contributed by atoms with van der Waals surface area (Å²) in [5, 5.41) is 5.77. The lowest BCUT2D eigenvalue weighted by molar-refractivity contribution is 0.638. The van der Waals surface area contributed by atoms with Gasteiger partial charge in [-0.05, 0) is 30.5 Å². The molecule has 2 N–H and O–H groups in total. The van der Waals surface area contributed by atoms with Crippen molar-refractivity contribution in [2.75, 3.05) is 5.73 Å². The Morgan fingerprint density at radius 1 is 1.00 bits per heavy atom. The van der Waals surface area contributed by atoms with Crippen LogP contribution in [0.2, 0.25) is 0 Å². The summed E-state index contributed by atoms with van der Waals surface area (Å²) in [6, 6.07) is 5.58. The molecule has 0 aliphatic heterocycles. The largest absolute Gasteiger partial charge is 0.399 e. The Kier molecular flexibility index (Phi) is 4.19. The average molecular weight is 368 g/mol. The third kappa shape index (κ3) is 3.25. The van der Waals surface area contributed by atoms with Gasteiger partial charge in [0.2, 0.25) is 0 Å². The number of nitrogens with two attached hydrogens (primary N) is 1. The van der Waals surface area contributed by atoms with Gasteiger partial charge in [-0.2, -0.15) is 0 Å². The summed E-state index contributed by atoms with van der Waals surface area (Å²) >= 11 is 3.15. The third-order valence-corrected chi connectivity index (χ3v) is 5.37. The smallest absolute Gasteiger partial charge is 0.144 e. The predicted molar refractivity (Wildman–Crippen MR) is 105 cm³/mol. The van der Waals surface area contributed by atoms with E-state index in [-0.39, 0.29) is 0 Å². The minimum Gasteiger partial charge on any atom is -0.399 e. The standard InChI is InChI=1S/C18H17N5S2/c1-10(2)7-12-9-25-18(21-12)16-15(17-20-5-6-24-17)23-14-8-11(19)3-4-13(14)22-16/h3-6,8-10H,7,19H2,1-2H3. The van der Waals surface area contributed by atoms with E-state index in [1.165, 1.54) is 0 Å². The van der Waals surface area contributed by atoms with Crippen molar-refractivity contribution in [1.82, 2.24) is 19.9 Å². The van der Waals surface area contributed by atoms with Gasteiger partial charge in [0.1, 0.15) is 21.4 Å². The first-order valence-electron chi connectivity index (χ1n) is 8.02. The lowest BCUT2D eigenvalue weighted by Crippen LogP contribution is -1.97. The van der Waals surface area contributed by atoms with Crippen molar-refractivity contribution in [3.63, 3.8) is 0 Å². The first-order valence-corrected chi connectivity index (χ1v) is 9.78. The Morgan fingerprint density at radius 3 is 2.56 bits per heavy atom. The average Bonchev–Trinajstić information content (AvgIpc) is 3.24. The highest BCUT2D eigenvalue weighted by Gasteiger charge is 2.18. The second-order valence-electron chi connectivity index (χ2n) is 6.25. The van der Waals surface area contributed by atoms with Crippen molar-refractivity contribution in [3.8, 4) is 21.4 Å². The lowest BCUT2D eigenvalue weighted by atomic mass is 10.1. The number of benzene rings is 1. The Bertz CT molecular complexity index is 1020. The molecule has 0 unspecified atom stereocenters. The molecular weight excluding hydrogens is 350 g/mol. The van der Waals surface area contributed by atoms with Crippen molar-refractivity contribution < 1.29 is 0 Å². The number of anilines is 1. The van der Waals surface area contributed by atoms with E-state index in [4.69, 9.17) is 20.7 Å². The van der Waals surface area contributed by atoms with E-state index in [9.17, 15) is 0 Å². The van der Waals surface area contributed by atoms with E-state index in [0.717, 1.165) is 44.6 Å². The number of hydrogen-bond donors (Lipinski definition) is 1. The maximum atomic E-state index is 5.90. The van der Waals surface area contributed by atoms with Crippen LogP contribution in [-0.4, -0.2) is 19.9 Å². The molecule has 126 valence electrons. The number of nitrogen functional groups attached to an aromatic ring is 1. The van der Waals surface area contributed by atoms with Gasteiger partial charge in [-0.3, -0.25) is 0 Å². The Morgan fingerprint density at radius 2 is 1.80 bits per heavy atom. The molecule has 4 aromatic rings.